The second-order valence-corrected chi connectivity index (χ2v) is 11.5. The van der Waals surface area contributed by atoms with Gasteiger partial charge < -0.3 is 4.74 Å². The summed E-state index contributed by atoms with van der Waals surface area (Å²) in [6.07, 6.45) is 1.21. The predicted molar refractivity (Wildman–Crippen MR) is 133 cm³/mol. The van der Waals surface area contributed by atoms with Crippen molar-refractivity contribution in [2.45, 2.75) is 77.2 Å². The van der Waals surface area contributed by atoms with Crippen LogP contribution in [0, 0.1) is 5.92 Å². The van der Waals surface area contributed by atoms with Gasteiger partial charge in [-0.3, -0.25) is 33.8 Å². The molecule has 194 valence electrons. The lowest BCUT2D eigenvalue weighted by molar-refractivity contribution is -0.135. The maximum atomic E-state index is 13.2. The van der Waals surface area contributed by atoms with Crippen molar-refractivity contribution in [3.63, 3.8) is 0 Å². The minimum atomic E-state index is -0.705. The summed E-state index contributed by atoms with van der Waals surface area (Å²) in [6.45, 7) is 9.95. The fourth-order valence-corrected chi connectivity index (χ4v) is 6.16. The summed E-state index contributed by atoms with van der Waals surface area (Å²) in [6, 6.07) is 5.24. The number of benzene rings is 1. The van der Waals surface area contributed by atoms with Crippen LogP contribution in [0.1, 0.15) is 58.6 Å². The van der Waals surface area contributed by atoms with E-state index in [0.29, 0.717) is 24.4 Å². The number of likely N-dealkylation sites (tertiary alicyclic amines) is 1. The van der Waals surface area contributed by atoms with Crippen LogP contribution in [-0.4, -0.2) is 67.6 Å². The summed E-state index contributed by atoms with van der Waals surface area (Å²) in [5.74, 6) is -0.365. The van der Waals surface area contributed by atoms with E-state index in [-0.39, 0.29) is 36.2 Å². The highest BCUT2D eigenvalue weighted by Crippen LogP contribution is 2.37. The number of hydrogen-bond donors (Lipinski definition) is 1. The Balaban J connectivity index is 1.41. The molecule has 3 saturated heterocycles. The van der Waals surface area contributed by atoms with E-state index < -0.39 is 17.6 Å². The number of imide groups is 1. The van der Waals surface area contributed by atoms with Crippen molar-refractivity contribution in [1.82, 2.24) is 24.3 Å². The number of fused-ring (bicyclic) bond motifs is 3. The molecule has 1 N–H and O–H groups in total. The molecule has 0 aliphatic carbocycles. The molecule has 0 saturated carbocycles. The number of aryl methyl sites for hydroxylation is 1. The standard InChI is InChI=1S/C26H35N5O5/c1-15-11-17-13-29(14-20(15)30(17)25(35)36-26(2,3)4)12-16-7-6-8-18-22(16)28(5)24(34)31(18)19-9-10-21(32)27-23(19)33/h6-8,15,17,19-20H,9-14H2,1-5H3,(H,27,32,33)/t15-,17+,19?,20?/m0/s1. The molecule has 3 fully saturated rings. The van der Waals surface area contributed by atoms with Gasteiger partial charge in [-0.25, -0.2) is 9.59 Å². The summed E-state index contributed by atoms with van der Waals surface area (Å²) in [5.41, 5.74) is 1.68. The van der Waals surface area contributed by atoms with E-state index in [1.54, 1.807) is 11.6 Å². The quantitative estimate of drug-likeness (QED) is 0.652. The van der Waals surface area contributed by atoms with Crippen LogP contribution in [0.4, 0.5) is 4.79 Å². The zero-order valence-electron chi connectivity index (χ0n) is 21.6. The van der Waals surface area contributed by atoms with Gasteiger partial charge in [0.05, 0.1) is 17.1 Å². The van der Waals surface area contributed by atoms with Crippen LogP contribution < -0.4 is 11.0 Å². The van der Waals surface area contributed by atoms with E-state index in [4.69, 9.17) is 4.74 Å². The summed E-state index contributed by atoms with van der Waals surface area (Å²) in [7, 11) is 1.72. The first-order valence-electron chi connectivity index (χ1n) is 12.7. The number of ether oxygens (including phenoxy) is 1. The number of carbonyl (C=O) groups is 3. The molecule has 3 amide bonds. The number of piperidine rings is 1. The number of nitrogens with one attached hydrogen (secondary N) is 1. The van der Waals surface area contributed by atoms with Gasteiger partial charge >= 0.3 is 11.8 Å². The summed E-state index contributed by atoms with van der Waals surface area (Å²) >= 11 is 0. The second kappa shape index (κ2) is 8.76. The molecule has 1 aromatic heterocycles. The SMILES string of the molecule is C[C@H]1C[C@@H]2CN(Cc3cccc4c3n(C)c(=O)n4C3CCC(=O)NC3=O)CC1N2C(=O)OC(C)(C)C. The maximum absolute atomic E-state index is 13.2. The lowest BCUT2D eigenvalue weighted by Crippen LogP contribution is -2.57. The Morgan fingerprint density at radius 2 is 1.92 bits per heavy atom. The Morgan fingerprint density at radius 3 is 2.58 bits per heavy atom. The fraction of sp³-hybridized carbons (Fsp3) is 0.615. The minimum Gasteiger partial charge on any atom is -0.444 e. The average molecular weight is 498 g/mol. The zero-order chi connectivity index (χ0) is 25.9. The van der Waals surface area contributed by atoms with Crippen LogP contribution >= 0.6 is 0 Å². The molecule has 5 rings (SSSR count). The third kappa shape index (κ3) is 4.21. The molecule has 3 aliphatic rings. The highest BCUT2D eigenvalue weighted by atomic mass is 16.6. The van der Waals surface area contributed by atoms with E-state index >= 15 is 0 Å². The molecule has 0 radical (unpaired) electrons. The Morgan fingerprint density at radius 1 is 1.17 bits per heavy atom. The average Bonchev–Trinajstić information content (AvgIpc) is 3.15. The van der Waals surface area contributed by atoms with Crippen LogP contribution in [0.5, 0.6) is 0 Å². The van der Waals surface area contributed by atoms with Crippen molar-refractivity contribution in [1.29, 1.82) is 0 Å². The van der Waals surface area contributed by atoms with Crippen molar-refractivity contribution in [3.05, 3.63) is 34.2 Å². The summed E-state index contributed by atoms with van der Waals surface area (Å²) in [4.78, 5) is 54.6. The summed E-state index contributed by atoms with van der Waals surface area (Å²) in [5, 5.41) is 2.36. The molecule has 2 aromatic rings. The number of piperazine rings is 1. The van der Waals surface area contributed by atoms with Crippen LogP contribution in [0.2, 0.25) is 0 Å². The second-order valence-electron chi connectivity index (χ2n) is 11.5. The van der Waals surface area contributed by atoms with Crippen LogP contribution in [-0.2, 0) is 27.9 Å². The van der Waals surface area contributed by atoms with Crippen molar-refractivity contribution < 1.29 is 19.1 Å². The molecule has 36 heavy (non-hydrogen) atoms. The van der Waals surface area contributed by atoms with Gasteiger partial charge in [0.25, 0.3) is 0 Å². The van der Waals surface area contributed by atoms with E-state index in [2.05, 4.69) is 17.1 Å². The number of carbonyl (C=O) groups excluding carboxylic acids is 3. The van der Waals surface area contributed by atoms with Crippen molar-refractivity contribution in [2.75, 3.05) is 13.1 Å². The van der Waals surface area contributed by atoms with E-state index in [1.807, 2.05) is 43.9 Å². The molecule has 1 aromatic carbocycles. The topological polar surface area (TPSA) is 106 Å². The smallest absolute Gasteiger partial charge is 0.410 e. The number of hydrogen-bond acceptors (Lipinski definition) is 6. The van der Waals surface area contributed by atoms with Crippen LogP contribution in [0.3, 0.4) is 0 Å². The first-order valence-corrected chi connectivity index (χ1v) is 12.7. The Labute approximate surface area is 210 Å². The van der Waals surface area contributed by atoms with Gasteiger partial charge in [-0.05, 0) is 51.2 Å². The third-order valence-corrected chi connectivity index (χ3v) is 7.67. The van der Waals surface area contributed by atoms with E-state index in [0.717, 1.165) is 30.6 Å². The Hall–Kier alpha value is -3.14. The minimum absolute atomic E-state index is 0.0784. The van der Waals surface area contributed by atoms with Gasteiger partial charge in [-0.15, -0.1) is 0 Å². The molecule has 2 bridgehead atoms. The number of nitrogens with zero attached hydrogens (tertiary/aromatic N) is 4. The van der Waals surface area contributed by atoms with Crippen molar-refractivity contribution in [3.8, 4) is 0 Å². The maximum Gasteiger partial charge on any atom is 0.410 e. The number of aromatic nitrogens is 2. The number of para-hydroxylation sites is 1. The number of imidazole rings is 1. The van der Waals surface area contributed by atoms with Crippen molar-refractivity contribution in [2.24, 2.45) is 13.0 Å². The molecule has 3 aliphatic heterocycles. The molecule has 4 atom stereocenters. The van der Waals surface area contributed by atoms with Crippen LogP contribution in [0.15, 0.2) is 23.0 Å². The lowest BCUT2D eigenvalue weighted by Gasteiger charge is -2.42. The van der Waals surface area contributed by atoms with Gasteiger partial charge in [0.2, 0.25) is 11.8 Å². The molecule has 10 nitrogen and oxygen atoms in total. The van der Waals surface area contributed by atoms with E-state index in [9.17, 15) is 19.2 Å². The third-order valence-electron chi connectivity index (χ3n) is 7.67. The van der Waals surface area contributed by atoms with E-state index in [1.165, 1.54) is 4.57 Å². The molecule has 0 spiro atoms. The Kier molecular flexibility index (Phi) is 5.97. The van der Waals surface area contributed by atoms with Gasteiger partial charge in [-0.2, -0.15) is 0 Å². The monoisotopic (exact) mass is 497 g/mol. The molecule has 10 heteroatoms. The van der Waals surface area contributed by atoms with Gasteiger partial charge in [0, 0.05) is 39.1 Å². The highest BCUT2D eigenvalue weighted by molar-refractivity contribution is 6.00. The number of amides is 3. The first-order chi connectivity index (χ1) is 16.9. The molecular weight excluding hydrogens is 462 g/mol. The molecular formula is C26H35N5O5. The fourth-order valence-electron chi connectivity index (χ4n) is 6.16. The predicted octanol–water partition coefficient (Wildman–Crippen LogP) is 2.15. The van der Waals surface area contributed by atoms with Gasteiger partial charge in [0.15, 0.2) is 0 Å². The lowest BCUT2D eigenvalue weighted by atomic mass is 10.0. The van der Waals surface area contributed by atoms with Gasteiger partial charge in [-0.1, -0.05) is 19.1 Å². The Bertz CT molecular complexity index is 1290. The summed E-state index contributed by atoms with van der Waals surface area (Å²) < 4.78 is 8.82. The van der Waals surface area contributed by atoms with Crippen LogP contribution in [0.25, 0.3) is 11.0 Å². The zero-order valence-corrected chi connectivity index (χ0v) is 21.6. The molecule has 2 unspecified atom stereocenters. The normalized spacial score (nSPS) is 27.0. The van der Waals surface area contributed by atoms with Crippen molar-refractivity contribution >= 4 is 28.9 Å². The largest absolute Gasteiger partial charge is 0.444 e. The van der Waals surface area contributed by atoms with Gasteiger partial charge in [0.1, 0.15) is 11.6 Å². The highest BCUT2D eigenvalue weighted by Gasteiger charge is 2.48. The first kappa shape index (κ1) is 24.5. The number of rotatable bonds is 3. The molecule has 4 heterocycles.